The summed E-state index contributed by atoms with van der Waals surface area (Å²) in [6, 6.07) is 17.6. The first kappa shape index (κ1) is 19.7. The van der Waals surface area contributed by atoms with Crippen LogP contribution in [0, 0.1) is 6.92 Å². The lowest BCUT2D eigenvalue weighted by Crippen LogP contribution is -2.18. The highest BCUT2D eigenvalue weighted by Crippen LogP contribution is 2.36. The van der Waals surface area contributed by atoms with Gasteiger partial charge in [-0.05, 0) is 55.8 Å². The summed E-state index contributed by atoms with van der Waals surface area (Å²) in [6.07, 6.45) is 0.595. The van der Waals surface area contributed by atoms with E-state index in [1.807, 2.05) is 68.4 Å². The van der Waals surface area contributed by atoms with Crippen molar-refractivity contribution in [2.75, 3.05) is 6.61 Å². The number of aryl methyl sites for hydroxylation is 1. The number of hydrogen-bond acceptors (Lipinski definition) is 4. The van der Waals surface area contributed by atoms with Crippen molar-refractivity contribution in [3.05, 3.63) is 76.6 Å². The Labute approximate surface area is 179 Å². The van der Waals surface area contributed by atoms with Crippen LogP contribution in [-0.4, -0.2) is 27.3 Å². The van der Waals surface area contributed by atoms with Crippen LogP contribution >= 0.6 is 23.2 Å². The number of benzene rings is 2. The quantitative estimate of drug-likeness (QED) is 0.520. The summed E-state index contributed by atoms with van der Waals surface area (Å²) < 4.78 is 7.25. The maximum Gasteiger partial charge on any atom is 0.137 e. The Kier molecular flexibility index (Phi) is 5.69. The summed E-state index contributed by atoms with van der Waals surface area (Å²) in [7, 11) is 0. The van der Waals surface area contributed by atoms with Crippen molar-refractivity contribution in [3.63, 3.8) is 0 Å². The lowest BCUT2D eigenvalue weighted by atomic mass is 9.91. The van der Waals surface area contributed by atoms with Crippen LogP contribution in [-0.2, 0) is 0 Å². The van der Waals surface area contributed by atoms with E-state index in [4.69, 9.17) is 27.9 Å². The molecule has 3 aromatic rings. The van der Waals surface area contributed by atoms with Crippen LogP contribution in [0.4, 0.5) is 0 Å². The van der Waals surface area contributed by atoms with E-state index in [1.54, 1.807) is 4.68 Å². The van der Waals surface area contributed by atoms with E-state index in [2.05, 4.69) is 15.3 Å². The van der Waals surface area contributed by atoms with Crippen LogP contribution in [0.25, 0.3) is 5.69 Å². The standard InChI is InChI=1S/C22H20Cl2N4O/c1-3-29-17-11-9-15(10-12-17)19-13-18(21(23)26-25-19)20-14(2)27-28(22(20)24)16-7-5-4-6-8-16/h4-12,18H,3,13H2,1-2H3. The van der Waals surface area contributed by atoms with Crippen LogP contribution < -0.4 is 4.74 Å². The fourth-order valence-corrected chi connectivity index (χ4v) is 4.08. The van der Waals surface area contributed by atoms with Crippen molar-refractivity contribution >= 4 is 34.1 Å². The van der Waals surface area contributed by atoms with E-state index in [1.165, 1.54) is 0 Å². The third-order valence-corrected chi connectivity index (χ3v) is 5.55. The SMILES string of the molecule is CCOc1ccc(C2=NN=C(Cl)C(c3c(C)nn(-c4ccccc4)c3Cl)C2)cc1. The molecule has 0 bridgehead atoms. The second-order valence-corrected chi connectivity index (χ2v) is 7.47. The molecule has 1 aliphatic rings. The lowest BCUT2D eigenvalue weighted by molar-refractivity contribution is 0.340. The monoisotopic (exact) mass is 426 g/mol. The highest BCUT2D eigenvalue weighted by molar-refractivity contribution is 6.67. The van der Waals surface area contributed by atoms with E-state index in [-0.39, 0.29) is 5.92 Å². The zero-order valence-electron chi connectivity index (χ0n) is 16.1. The van der Waals surface area contributed by atoms with Gasteiger partial charge >= 0.3 is 0 Å². The summed E-state index contributed by atoms with van der Waals surface area (Å²) in [5.74, 6) is 0.634. The molecule has 0 fully saturated rings. The Morgan fingerprint density at radius 3 is 2.45 bits per heavy atom. The molecule has 5 nitrogen and oxygen atoms in total. The molecule has 0 saturated heterocycles. The van der Waals surface area contributed by atoms with Gasteiger partial charge in [0, 0.05) is 17.9 Å². The van der Waals surface area contributed by atoms with Crippen molar-refractivity contribution in [2.45, 2.75) is 26.2 Å². The van der Waals surface area contributed by atoms with Gasteiger partial charge in [-0.1, -0.05) is 41.4 Å². The van der Waals surface area contributed by atoms with Crippen LogP contribution in [0.15, 0.2) is 64.8 Å². The third kappa shape index (κ3) is 3.93. The largest absolute Gasteiger partial charge is 0.494 e. The number of aromatic nitrogens is 2. The van der Waals surface area contributed by atoms with Crippen LogP contribution in [0.2, 0.25) is 5.15 Å². The zero-order chi connectivity index (χ0) is 20.4. The molecular formula is C22H20Cl2N4O. The molecule has 0 aliphatic carbocycles. The minimum Gasteiger partial charge on any atom is -0.494 e. The number of hydrogen-bond donors (Lipinski definition) is 0. The van der Waals surface area contributed by atoms with Gasteiger partial charge in [0.1, 0.15) is 16.1 Å². The molecule has 0 saturated carbocycles. The van der Waals surface area contributed by atoms with Crippen LogP contribution in [0.3, 0.4) is 0 Å². The lowest BCUT2D eigenvalue weighted by Gasteiger charge is -2.20. The molecule has 148 valence electrons. The summed E-state index contributed by atoms with van der Waals surface area (Å²) in [4.78, 5) is 0. The normalized spacial score (nSPS) is 16.3. The van der Waals surface area contributed by atoms with E-state index < -0.39 is 0 Å². The molecule has 29 heavy (non-hydrogen) atoms. The van der Waals surface area contributed by atoms with Crippen molar-refractivity contribution in [1.82, 2.24) is 9.78 Å². The number of nitrogens with zero attached hydrogens (tertiary/aromatic N) is 4. The minimum atomic E-state index is -0.194. The highest BCUT2D eigenvalue weighted by atomic mass is 35.5. The van der Waals surface area contributed by atoms with E-state index >= 15 is 0 Å². The second kappa shape index (κ2) is 8.39. The second-order valence-electron chi connectivity index (χ2n) is 6.72. The molecule has 7 heteroatoms. The Morgan fingerprint density at radius 1 is 1.03 bits per heavy atom. The third-order valence-electron chi connectivity index (χ3n) is 4.85. The molecule has 2 aromatic carbocycles. The van der Waals surface area contributed by atoms with Gasteiger partial charge in [-0.2, -0.15) is 10.2 Å². The summed E-state index contributed by atoms with van der Waals surface area (Å²) in [6.45, 7) is 4.53. The fraction of sp³-hybridized carbons (Fsp3) is 0.227. The molecule has 1 aliphatic heterocycles. The summed E-state index contributed by atoms with van der Waals surface area (Å²) in [5, 5.41) is 14.1. The maximum absolute atomic E-state index is 6.74. The molecule has 0 radical (unpaired) electrons. The molecule has 1 atom stereocenters. The van der Waals surface area contributed by atoms with Crippen LogP contribution in [0.1, 0.15) is 36.1 Å². The first-order chi connectivity index (χ1) is 14.1. The molecule has 4 rings (SSSR count). The molecule has 1 aromatic heterocycles. The number of ether oxygens (including phenoxy) is 1. The van der Waals surface area contributed by atoms with Gasteiger partial charge in [0.2, 0.25) is 0 Å². The fourth-order valence-electron chi connectivity index (χ4n) is 3.45. The number of rotatable bonds is 5. The van der Waals surface area contributed by atoms with Gasteiger partial charge in [0.15, 0.2) is 0 Å². The molecular weight excluding hydrogens is 407 g/mol. The van der Waals surface area contributed by atoms with Crippen molar-refractivity contribution < 1.29 is 4.74 Å². The average molecular weight is 427 g/mol. The van der Waals surface area contributed by atoms with Crippen LogP contribution in [0.5, 0.6) is 5.75 Å². The molecule has 2 heterocycles. The molecule has 0 spiro atoms. The zero-order valence-corrected chi connectivity index (χ0v) is 17.7. The Bertz CT molecular complexity index is 1070. The molecule has 1 unspecified atom stereocenters. The van der Waals surface area contributed by atoms with E-state index in [0.717, 1.165) is 34.0 Å². The first-order valence-corrected chi connectivity index (χ1v) is 10.2. The predicted molar refractivity (Wildman–Crippen MR) is 118 cm³/mol. The van der Waals surface area contributed by atoms with Gasteiger partial charge in [-0.25, -0.2) is 4.68 Å². The number of halogens is 2. The molecule has 0 N–H and O–H groups in total. The van der Waals surface area contributed by atoms with Gasteiger partial charge in [0.05, 0.1) is 23.7 Å². The Hall–Kier alpha value is -2.63. The first-order valence-electron chi connectivity index (χ1n) is 9.42. The highest BCUT2D eigenvalue weighted by Gasteiger charge is 2.30. The van der Waals surface area contributed by atoms with Gasteiger partial charge in [-0.15, -0.1) is 5.10 Å². The van der Waals surface area contributed by atoms with Crippen molar-refractivity contribution in [2.24, 2.45) is 10.2 Å². The Morgan fingerprint density at radius 2 is 1.76 bits per heavy atom. The Balaban J connectivity index is 1.66. The van der Waals surface area contributed by atoms with Crippen molar-refractivity contribution in [3.8, 4) is 11.4 Å². The van der Waals surface area contributed by atoms with Gasteiger partial charge < -0.3 is 4.74 Å². The van der Waals surface area contributed by atoms with Gasteiger partial charge in [-0.3, -0.25) is 0 Å². The van der Waals surface area contributed by atoms with E-state index in [0.29, 0.717) is 23.4 Å². The van der Waals surface area contributed by atoms with Gasteiger partial charge in [0.25, 0.3) is 0 Å². The minimum absolute atomic E-state index is 0.194. The predicted octanol–water partition coefficient (Wildman–Crippen LogP) is 5.76. The number of para-hydroxylation sites is 1. The smallest absolute Gasteiger partial charge is 0.137 e. The average Bonchev–Trinajstić information content (AvgIpc) is 3.04. The summed E-state index contributed by atoms with van der Waals surface area (Å²) >= 11 is 13.2. The molecule has 0 amide bonds. The summed E-state index contributed by atoms with van der Waals surface area (Å²) in [5.41, 5.74) is 4.44. The van der Waals surface area contributed by atoms with E-state index in [9.17, 15) is 0 Å². The topological polar surface area (TPSA) is 51.8 Å². The maximum atomic E-state index is 6.74. The van der Waals surface area contributed by atoms with Crippen molar-refractivity contribution in [1.29, 1.82) is 0 Å².